The minimum absolute atomic E-state index is 0.0746. The van der Waals surface area contributed by atoms with Crippen molar-refractivity contribution in [2.75, 3.05) is 6.61 Å². The third kappa shape index (κ3) is 3.93. The molecule has 0 aliphatic rings. The zero-order chi connectivity index (χ0) is 16.0. The number of carbonyl (C=O) groups is 2. The van der Waals surface area contributed by atoms with Crippen molar-refractivity contribution in [3.05, 3.63) is 71.8 Å². The smallest absolute Gasteiger partial charge is 0.338 e. The molecule has 114 valence electrons. The molecular weight excluding hydrogens is 282 g/mol. The van der Waals surface area contributed by atoms with Gasteiger partial charge >= 0.3 is 11.9 Å². The molecule has 5 heteroatoms. The van der Waals surface area contributed by atoms with Crippen LogP contribution >= 0.6 is 0 Å². The van der Waals surface area contributed by atoms with Gasteiger partial charge in [0, 0.05) is 6.42 Å². The second-order valence-corrected chi connectivity index (χ2v) is 5.07. The molecule has 0 bridgehead atoms. The monoisotopic (exact) mass is 299 g/mol. The van der Waals surface area contributed by atoms with E-state index < -0.39 is 24.1 Å². The molecule has 22 heavy (non-hydrogen) atoms. The van der Waals surface area contributed by atoms with Gasteiger partial charge in [-0.15, -0.1) is 0 Å². The highest BCUT2D eigenvalue weighted by Gasteiger charge is 2.36. The Kier molecular flexibility index (Phi) is 4.91. The molecule has 0 fully saturated rings. The molecule has 0 aliphatic carbocycles. The summed E-state index contributed by atoms with van der Waals surface area (Å²) >= 11 is 0. The van der Waals surface area contributed by atoms with Crippen molar-refractivity contribution in [1.29, 1.82) is 0 Å². The van der Waals surface area contributed by atoms with Gasteiger partial charge in [-0.05, 0) is 17.7 Å². The Morgan fingerprint density at radius 1 is 1.00 bits per heavy atom. The van der Waals surface area contributed by atoms with Crippen LogP contribution in [0, 0.1) is 0 Å². The number of ether oxygens (including phenoxy) is 1. The normalized spacial score (nSPS) is 13.1. The van der Waals surface area contributed by atoms with Crippen LogP contribution in [0.15, 0.2) is 60.7 Å². The average Bonchev–Trinajstić information content (AvgIpc) is 2.54. The number of rotatable bonds is 6. The van der Waals surface area contributed by atoms with E-state index in [4.69, 9.17) is 10.5 Å². The van der Waals surface area contributed by atoms with E-state index in [0.717, 1.165) is 5.56 Å². The van der Waals surface area contributed by atoms with Crippen molar-refractivity contribution in [2.45, 2.75) is 12.0 Å². The number of hydrogen-bond donors (Lipinski definition) is 2. The highest BCUT2D eigenvalue weighted by atomic mass is 16.5. The van der Waals surface area contributed by atoms with Crippen LogP contribution in [0.5, 0.6) is 0 Å². The molecule has 0 saturated carbocycles. The van der Waals surface area contributed by atoms with Crippen LogP contribution in [0.3, 0.4) is 0 Å². The van der Waals surface area contributed by atoms with Crippen LogP contribution in [0.1, 0.15) is 15.9 Å². The third-order valence-electron chi connectivity index (χ3n) is 3.26. The van der Waals surface area contributed by atoms with Gasteiger partial charge in [0.25, 0.3) is 0 Å². The van der Waals surface area contributed by atoms with Gasteiger partial charge in [0.2, 0.25) is 0 Å². The Bertz CT molecular complexity index is 642. The maximum atomic E-state index is 11.9. The van der Waals surface area contributed by atoms with E-state index in [1.165, 1.54) is 0 Å². The van der Waals surface area contributed by atoms with Gasteiger partial charge in [0.05, 0.1) is 5.56 Å². The fourth-order valence-electron chi connectivity index (χ4n) is 2.00. The topological polar surface area (TPSA) is 89.6 Å². The van der Waals surface area contributed by atoms with Crippen LogP contribution in [-0.2, 0) is 16.0 Å². The van der Waals surface area contributed by atoms with E-state index in [2.05, 4.69) is 0 Å². The van der Waals surface area contributed by atoms with E-state index in [0.29, 0.717) is 5.56 Å². The number of benzene rings is 2. The first-order valence-electron chi connectivity index (χ1n) is 6.80. The molecule has 2 aromatic carbocycles. The number of carboxylic acids is 1. The van der Waals surface area contributed by atoms with Crippen LogP contribution in [0.2, 0.25) is 0 Å². The molecule has 0 amide bonds. The summed E-state index contributed by atoms with van der Waals surface area (Å²) in [6, 6.07) is 17.4. The Morgan fingerprint density at radius 2 is 1.55 bits per heavy atom. The summed E-state index contributed by atoms with van der Waals surface area (Å²) < 4.78 is 5.08. The maximum Gasteiger partial charge on any atom is 0.338 e. The lowest BCUT2D eigenvalue weighted by molar-refractivity contribution is -0.144. The zero-order valence-electron chi connectivity index (χ0n) is 11.9. The second-order valence-electron chi connectivity index (χ2n) is 5.07. The number of aliphatic carboxylic acids is 1. The molecule has 0 heterocycles. The SMILES string of the molecule is N[C@](COC(=O)c1ccccc1)(Cc1ccccc1)C(=O)O. The molecule has 1 atom stereocenters. The second kappa shape index (κ2) is 6.87. The lowest BCUT2D eigenvalue weighted by Crippen LogP contribution is -2.54. The molecule has 0 spiro atoms. The summed E-state index contributed by atoms with van der Waals surface area (Å²) in [6.45, 7) is -0.398. The van der Waals surface area contributed by atoms with Crippen LogP contribution in [-0.4, -0.2) is 29.2 Å². The van der Waals surface area contributed by atoms with Gasteiger partial charge in [0.15, 0.2) is 5.54 Å². The van der Waals surface area contributed by atoms with Gasteiger partial charge in [-0.25, -0.2) is 4.79 Å². The number of carboxylic acid groups (broad SMARTS) is 1. The Balaban J connectivity index is 2.05. The first-order chi connectivity index (χ1) is 10.5. The van der Waals surface area contributed by atoms with Crippen molar-refractivity contribution < 1.29 is 19.4 Å². The van der Waals surface area contributed by atoms with Crippen molar-refractivity contribution >= 4 is 11.9 Å². The zero-order valence-corrected chi connectivity index (χ0v) is 11.9. The fraction of sp³-hybridized carbons (Fsp3) is 0.176. The van der Waals surface area contributed by atoms with E-state index in [1.807, 2.05) is 6.07 Å². The van der Waals surface area contributed by atoms with Crippen molar-refractivity contribution in [3.8, 4) is 0 Å². The highest BCUT2D eigenvalue weighted by molar-refractivity contribution is 5.89. The summed E-state index contributed by atoms with van der Waals surface area (Å²) in [5.41, 5.74) is 5.38. The van der Waals surface area contributed by atoms with Gasteiger partial charge in [0.1, 0.15) is 6.61 Å². The Morgan fingerprint density at radius 3 is 2.09 bits per heavy atom. The molecule has 0 radical (unpaired) electrons. The van der Waals surface area contributed by atoms with Gasteiger partial charge in [-0.2, -0.15) is 0 Å². The Labute approximate surface area is 128 Å². The highest BCUT2D eigenvalue weighted by Crippen LogP contribution is 2.13. The summed E-state index contributed by atoms with van der Waals surface area (Å²) in [5, 5.41) is 9.36. The first-order valence-corrected chi connectivity index (χ1v) is 6.80. The van der Waals surface area contributed by atoms with Crippen molar-refractivity contribution in [2.24, 2.45) is 5.73 Å². The molecule has 0 unspecified atom stereocenters. The summed E-state index contributed by atoms with van der Waals surface area (Å²) in [6.07, 6.45) is 0.0746. The predicted octanol–water partition coefficient (Wildman–Crippen LogP) is 1.87. The number of hydrogen-bond acceptors (Lipinski definition) is 4. The molecule has 5 nitrogen and oxygen atoms in total. The predicted molar refractivity (Wildman–Crippen MR) is 81.4 cm³/mol. The van der Waals surface area contributed by atoms with Crippen molar-refractivity contribution in [1.82, 2.24) is 0 Å². The molecule has 0 saturated heterocycles. The van der Waals surface area contributed by atoms with Gasteiger partial charge in [-0.3, -0.25) is 4.79 Å². The van der Waals surface area contributed by atoms with Crippen LogP contribution in [0.4, 0.5) is 0 Å². The summed E-state index contributed by atoms with van der Waals surface area (Å²) in [5.74, 6) is -1.80. The van der Waals surface area contributed by atoms with E-state index in [9.17, 15) is 14.7 Å². The molecular formula is C17H17NO4. The number of nitrogens with two attached hydrogens (primary N) is 1. The van der Waals surface area contributed by atoms with Crippen molar-refractivity contribution in [3.63, 3.8) is 0 Å². The average molecular weight is 299 g/mol. The van der Waals surface area contributed by atoms with Crippen LogP contribution < -0.4 is 5.73 Å². The van der Waals surface area contributed by atoms with E-state index >= 15 is 0 Å². The molecule has 0 aliphatic heterocycles. The lowest BCUT2D eigenvalue weighted by Gasteiger charge is -2.24. The van der Waals surface area contributed by atoms with E-state index in [-0.39, 0.29) is 6.42 Å². The lowest BCUT2D eigenvalue weighted by atomic mass is 9.93. The minimum atomic E-state index is -1.66. The van der Waals surface area contributed by atoms with Gasteiger partial charge < -0.3 is 15.6 Å². The van der Waals surface area contributed by atoms with Crippen LogP contribution in [0.25, 0.3) is 0 Å². The standard InChI is InChI=1S/C17H17NO4/c18-17(16(20)21,11-13-7-3-1-4-8-13)12-22-15(19)14-9-5-2-6-10-14/h1-10H,11-12,18H2,(H,20,21)/t17-/m0/s1. The van der Waals surface area contributed by atoms with Gasteiger partial charge in [-0.1, -0.05) is 48.5 Å². The van der Waals surface area contributed by atoms with E-state index in [1.54, 1.807) is 54.6 Å². The third-order valence-corrected chi connectivity index (χ3v) is 3.26. The first kappa shape index (κ1) is 15.7. The minimum Gasteiger partial charge on any atom is -0.480 e. The molecule has 2 rings (SSSR count). The molecule has 3 N–H and O–H groups in total. The molecule has 0 aromatic heterocycles. The Hall–Kier alpha value is -2.66. The fourth-order valence-corrected chi connectivity index (χ4v) is 2.00. The summed E-state index contributed by atoms with van der Waals surface area (Å²) in [7, 11) is 0. The quantitative estimate of drug-likeness (QED) is 0.795. The number of carbonyl (C=O) groups excluding carboxylic acids is 1. The summed E-state index contributed by atoms with van der Waals surface area (Å²) in [4.78, 5) is 23.4. The largest absolute Gasteiger partial charge is 0.480 e. The molecule has 2 aromatic rings. The maximum absolute atomic E-state index is 11.9. The number of esters is 1.